The molecule has 20 heavy (non-hydrogen) atoms. The number of hydrogen-bond acceptors (Lipinski definition) is 4. The van der Waals surface area contributed by atoms with E-state index in [1.54, 1.807) is 4.57 Å². The Balaban J connectivity index is 2.66. The summed E-state index contributed by atoms with van der Waals surface area (Å²) in [4.78, 5) is 4.10. The Hall–Kier alpha value is -0.590. The molecule has 0 saturated carbocycles. The normalized spacial score (nSPS) is 12.6. The van der Waals surface area contributed by atoms with Gasteiger partial charge < -0.3 is 9.30 Å². The fourth-order valence-electron chi connectivity index (χ4n) is 1.75. The molecule has 0 amide bonds. The molecule has 0 aliphatic heterocycles. The minimum atomic E-state index is -3.79. The van der Waals surface area contributed by atoms with Crippen LogP contribution in [0.4, 0.5) is 0 Å². The van der Waals surface area contributed by atoms with E-state index in [0.717, 1.165) is 6.42 Å². The lowest BCUT2D eigenvalue weighted by atomic mass is 10.1. The van der Waals surface area contributed by atoms with Crippen molar-refractivity contribution in [2.45, 2.75) is 51.6 Å². The lowest BCUT2D eigenvalue weighted by Gasteiger charge is -2.11. The maximum atomic E-state index is 11.3. The summed E-state index contributed by atoms with van der Waals surface area (Å²) >= 11 is 0. The summed E-state index contributed by atoms with van der Waals surface area (Å²) in [6, 6.07) is 0. The standard InChI is InChI=1S/C13H23ClN2O3S/c1-10(2)5-7-19-8-6-16-9-12(20(14,17)18)15-13(16)11(3)4/h9-11H,5-8H2,1-4H3. The summed E-state index contributed by atoms with van der Waals surface area (Å²) in [6.07, 6.45) is 2.49. The van der Waals surface area contributed by atoms with E-state index in [1.807, 2.05) is 13.8 Å². The van der Waals surface area contributed by atoms with Gasteiger partial charge in [0.15, 0.2) is 5.03 Å². The van der Waals surface area contributed by atoms with E-state index in [0.29, 0.717) is 31.5 Å². The van der Waals surface area contributed by atoms with Crippen LogP contribution >= 0.6 is 10.7 Å². The van der Waals surface area contributed by atoms with E-state index in [1.165, 1.54) is 6.20 Å². The Morgan fingerprint density at radius 2 is 1.95 bits per heavy atom. The van der Waals surface area contributed by atoms with Gasteiger partial charge in [0.05, 0.1) is 6.61 Å². The fraction of sp³-hybridized carbons (Fsp3) is 0.769. The van der Waals surface area contributed by atoms with Crippen LogP contribution in [0.2, 0.25) is 0 Å². The molecule has 1 aromatic heterocycles. The van der Waals surface area contributed by atoms with E-state index in [2.05, 4.69) is 18.8 Å². The largest absolute Gasteiger partial charge is 0.380 e. The van der Waals surface area contributed by atoms with Gasteiger partial charge in [-0.15, -0.1) is 0 Å². The van der Waals surface area contributed by atoms with Crippen LogP contribution in [0.25, 0.3) is 0 Å². The number of rotatable bonds is 8. The molecule has 116 valence electrons. The van der Waals surface area contributed by atoms with E-state index in [-0.39, 0.29) is 10.9 Å². The molecule has 0 saturated heterocycles. The van der Waals surface area contributed by atoms with Crippen LogP contribution in [-0.4, -0.2) is 31.2 Å². The second-order valence-corrected chi connectivity index (χ2v) is 8.03. The van der Waals surface area contributed by atoms with Gasteiger partial charge in [0.2, 0.25) is 0 Å². The molecule has 0 aromatic carbocycles. The zero-order valence-corrected chi connectivity index (χ0v) is 14.0. The average molecular weight is 323 g/mol. The first-order valence-corrected chi connectivity index (χ1v) is 9.12. The van der Waals surface area contributed by atoms with Gasteiger partial charge in [-0.3, -0.25) is 0 Å². The Morgan fingerprint density at radius 1 is 1.30 bits per heavy atom. The number of imidazole rings is 1. The second kappa shape index (κ2) is 7.43. The average Bonchev–Trinajstić information content (AvgIpc) is 2.72. The molecule has 0 fully saturated rings. The number of aromatic nitrogens is 2. The van der Waals surface area contributed by atoms with E-state index in [4.69, 9.17) is 15.4 Å². The van der Waals surface area contributed by atoms with Gasteiger partial charge in [-0.1, -0.05) is 27.7 Å². The van der Waals surface area contributed by atoms with E-state index < -0.39 is 9.05 Å². The summed E-state index contributed by atoms with van der Waals surface area (Å²) in [5.41, 5.74) is 0. The van der Waals surface area contributed by atoms with Crippen LogP contribution in [0.1, 0.15) is 45.9 Å². The van der Waals surface area contributed by atoms with Gasteiger partial charge in [0.1, 0.15) is 5.82 Å². The molecule has 1 heterocycles. The van der Waals surface area contributed by atoms with E-state index in [9.17, 15) is 8.42 Å². The Labute approximate surface area is 125 Å². The molecule has 0 atom stereocenters. The highest BCUT2D eigenvalue weighted by Crippen LogP contribution is 2.19. The van der Waals surface area contributed by atoms with Crippen LogP contribution in [0.3, 0.4) is 0 Å². The summed E-state index contributed by atoms with van der Waals surface area (Å²) in [7, 11) is 1.55. The van der Waals surface area contributed by atoms with Crippen molar-refractivity contribution >= 4 is 19.7 Å². The first-order chi connectivity index (χ1) is 9.21. The molecule has 0 radical (unpaired) electrons. The molecule has 0 aliphatic carbocycles. The zero-order valence-electron chi connectivity index (χ0n) is 12.5. The minimum Gasteiger partial charge on any atom is -0.380 e. The summed E-state index contributed by atoms with van der Waals surface area (Å²) in [6.45, 7) is 10.0. The lowest BCUT2D eigenvalue weighted by Crippen LogP contribution is -2.10. The lowest BCUT2D eigenvalue weighted by molar-refractivity contribution is 0.115. The molecular formula is C13H23ClN2O3S. The topological polar surface area (TPSA) is 61.2 Å². The predicted octanol–water partition coefficient (Wildman–Crippen LogP) is 3.00. The molecule has 0 aliphatic rings. The highest BCUT2D eigenvalue weighted by Gasteiger charge is 2.19. The summed E-state index contributed by atoms with van der Waals surface area (Å²) in [5.74, 6) is 1.44. The van der Waals surface area contributed by atoms with Gasteiger partial charge in [-0.25, -0.2) is 13.4 Å². The monoisotopic (exact) mass is 322 g/mol. The Bertz CT molecular complexity index is 524. The van der Waals surface area contributed by atoms with Crippen LogP contribution < -0.4 is 0 Å². The maximum absolute atomic E-state index is 11.3. The predicted molar refractivity (Wildman–Crippen MR) is 79.6 cm³/mol. The van der Waals surface area contributed by atoms with Crippen molar-refractivity contribution in [1.29, 1.82) is 0 Å². The van der Waals surface area contributed by atoms with Crippen molar-refractivity contribution in [2.75, 3.05) is 13.2 Å². The quantitative estimate of drug-likeness (QED) is 0.545. The van der Waals surface area contributed by atoms with Crippen molar-refractivity contribution in [2.24, 2.45) is 5.92 Å². The zero-order chi connectivity index (χ0) is 15.3. The van der Waals surface area contributed by atoms with Crippen molar-refractivity contribution < 1.29 is 13.2 Å². The number of ether oxygens (including phenoxy) is 1. The van der Waals surface area contributed by atoms with Crippen LogP contribution in [0, 0.1) is 5.92 Å². The molecule has 7 heteroatoms. The molecule has 0 bridgehead atoms. The third-order valence-corrected chi connectivity index (χ3v) is 4.04. The molecule has 1 rings (SSSR count). The third kappa shape index (κ3) is 5.42. The molecule has 0 N–H and O–H groups in total. The smallest absolute Gasteiger partial charge is 0.280 e. The van der Waals surface area contributed by atoms with Crippen LogP contribution in [-0.2, 0) is 20.3 Å². The Morgan fingerprint density at radius 3 is 2.45 bits per heavy atom. The van der Waals surface area contributed by atoms with Gasteiger partial charge in [0.25, 0.3) is 9.05 Å². The molecule has 5 nitrogen and oxygen atoms in total. The summed E-state index contributed by atoms with van der Waals surface area (Å²) in [5, 5.41) is -0.0925. The van der Waals surface area contributed by atoms with Crippen molar-refractivity contribution in [3.8, 4) is 0 Å². The molecule has 1 aromatic rings. The molecule has 0 unspecified atom stereocenters. The van der Waals surface area contributed by atoms with Gasteiger partial charge in [0, 0.05) is 35.9 Å². The van der Waals surface area contributed by atoms with Gasteiger partial charge in [-0.05, 0) is 12.3 Å². The first kappa shape index (κ1) is 17.5. The highest BCUT2D eigenvalue weighted by molar-refractivity contribution is 8.13. The van der Waals surface area contributed by atoms with Crippen molar-refractivity contribution in [1.82, 2.24) is 9.55 Å². The third-order valence-electron chi connectivity index (χ3n) is 2.87. The van der Waals surface area contributed by atoms with Crippen LogP contribution in [0.15, 0.2) is 11.2 Å². The van der Waals surface area contributed by atoms with Crippen molar-refractivity contribution in [3.63, 3.8) is 0 Å². The van der Waals surface area contributed by atoms with Gasteiger partial charge >= 0.3 is 0 Å². The first-order valence-electron chi connectivity index (χ1n) is 6.81. The SMILES string of the molecule is CC(C)CCOCCn1cc(S(=O)(=O)Cl)nc1C(C)C. The second-order valence-electron chi connectivity index (χ2n) is 5.52. The Kier molecular flexibility index (Phi) is 6.48. The fourth-order valence-corrected chi connectivity index (χ4v) is 2.43. The van der Waals surface area contributed by atoms with Crippen LogP contribution in [0.5, 0.6) is 0 Å². The number of halogens is 1. The van der Waals surface area contributed by atoms with E-state index >= 15 is 0 Å². The van der Waals surface area contributed by atoms with Gasteiger partial charge in [-0.2, -0.15) is 0 Å². The minimum absolute atomic E-state index is 0.0925. The number of hydrogen-bond donors (Lipinski definition) is 0. The molecule has 0 spiro atoms. The highest BCUT2D eigenvalue weighted by atomic mass is 35.7. The van der Waals surface area contributed by atoms with Crippen molar-refractivity contribution in [3.05, 3.63) is 12.0 Å². The molecular weight excluding hydrogens is 300 g/mol. The summed E-state index contributed by atoms with van der Waals surface area (Å²) < 4.78 is 30.0. The maximum Gasteiger partial charge on any atom is 0.280 e. The number of nitrogens with zero attached hydrogens (tertiary/aromatic N) is 2.